The van der Waals surface area contributed by atoms with Crippen LogP contribution in [-0.2, 0) is 4.74 Å². The molecular formula is C20H20ClN3O2. The summed E-state index contributed by atoms with van der Waals surface area (Å²) >= 11 is 6.02. The summed E-state index contributed by atoms with van der Waals surface area (Å²) in [5, 5.41) is 0.719. The number of imidazole rings is 1. The lowest BCUT2D eigenvalue weighted by Gasteiger charge is -2.28. The molecule has 26 heavy (non-hydrogen) atoms. The zero-order valence-corrected chi connectivity index (χ0v) is 15.3. The average Bonchev–Trinajstić information content (AvgIpc) is 3.15. The molecule has 1 saturated heterocycles. The van der Waals surface area contributed by atoms with Crippen LogP contribution < -0.4 is 9.64 Å². The van der Waals surface area contributed by atoms with Crippen LogP contribution in [0.1, 0.15) is 0 Å². The van der Waals surface area contributed by atoms with Gasteiger partial charge in [-0.15, -0.1) is 0 Å². The number of hydrogen-bond donors (Lipinski definition) is 0. The Balaban J connectivity index is 1.77. The van der Waals surface area contributed by atoms with Gasteiger partial charge in [-0.25, -0.2) is 4.98 Å². The van der Waals surface area contributed by atoms with Gasteiger partial charge in [-0.1, -0.05) is 23.7 Å². The first-order chi connectivity index (χ1) is 12.7. The first kappa shape index (κ1) is 16.9. The number of aromatic nitrogens is 2. The van der Waals surface area contributed by atoms with Gasteiger partial charge >= 0.3 is 0 Å². The summed E-state index contributed by atoms with van der Waals surface area (Å²) in [7, 11) is 1.67. The van der Waals surface area contributed by atoms with E-state index < -0.39 is 0 Å². The van der Waals surface area contributed by atoms with E-state index in [1.54, 1.807) is 7.11 Å². The van der Waals surface area contributed by atoms with Gasteiger partial charge in [-0.3, -0.25) is 4.57 Å². The summed E-state index contributed by atoms with van der Waals surface area (Å²) in [4.78, 5) is 7.17. The van der Waals surface area contributed by atoms with Crippen LogP contribution in [0.15, 0.2) is 54.7 Å². The zero-order chi connectivity index (χ0) is 17.9. The van der Waals surface area contributed by atoms with Crippen LogP contribution in [-0.4, -0.2) is 43.0 Å². The predicted octanol–water partition coefficient (Wildman–Crippen LogP) is 4.04. The van der Waals surface area contributed by atoms with Crippen LogP contribution in [0.4, 0.5) is 5.95 Å². The molecule has 6 heteroatoms. The molecule has 2 aromatic carbocycles. The molecular weight excluding hydrogens is 350 g/mol. The van der Waals surface area contributed by atoms with Gasteiger partial charge in [0.05, 0.1) is 26.0 Å². The molecule has 1 fully saturated rings. The lowest BCUT2D eigenvalue weighted by atomic mass is 10.2. The summed E-state index contributed by atoms with van der Waals surface area (Å²) in [5.74, 6) is 1.75. The van der Waals surface area contributed by atoms with Crippen molar-refractivity contribution in [1.82, 2.24) is 9.55 Å². The van der Waals surface area contributed by atoms with Crippen molar-refractivity contribution < 1.29 is 9.47 Å². The molecule has 1 aliphatic rings. The topological polar surface area (TPSA) is 39.5 Å². The fraction of sp³-hybridized carbons (Fsp3) is 0.250. The van der Waals surface area contributed by atoms with Crippen molar-refractivity contribution in [2.24, 2.45) is 0 Å². The molecule has 3 aromatic rings. The van der Waals surface area contributed by atoms with Crippen molar-refractivity contribution in [2.75, 3.05) is 38.3 Å². The smallest absolute Gasteiger partial charge is 0.210 e. The van der Waals surface area contributed by atoms with Crippen LogP contribution in [0.2, 0.25) is 5.02 Å². The summed E-state index contributed by atoms with van der Waals surface area (Å²) in [6.45, 7) is 3.08. The maximum Gasteiger partial charge on any atom is 0.210 e. The number of morpholine rings is 1. The highest BCUT2D eigenvalue weighted by molar-refractivity contribution is 6.30. The molecule has 5 nitrogen and oxygen atoms in total. The van der Waals surface area contributed by atoms with E-state index in [-0.39, 0.29) is 0 Å². The highest BCUT2D eigenvalue weighted by Gasteiger charge is 2.19. The van der Waals surface area contributed by atoms with Crippen LogP contribution in [0.5, 0.6) is 5.75 Å². The molecule has 0 N–H and O–H groups in total. The maximum absolute atomic E-state index is 6.02. The van der Waals surface area contributed by atoms with E-state index in [1.165, 1.54) is 0 Å². The van der Waals surface area contributed by atoms with Crippen LogP contribution in [0.25, 0.3) is 16.9 Å². The quantitative estimate of drug-likeness (QED) is 0.696. The van der Waals surface area contributed by atoms with Gasteiger partial charge in [0, 0.05) is 35.6 Å². The largest absolute Gasteiger partial charge is 0.497 e. The third-order valence-electron chi connectivity index (χ3n) is 4.47. The molecule has 0 spiro atoms. The SMILES string of the molecule is COc1ccc(-n2cc(-c3ccc(Cl)cc3)nc2N2CCOCC2)cc1. The van der Waals surface area contributed by atoms with Crippen molar-refractivity contribution in [3.63, 3.8) is 0 Å². The molecule has 134 valence electrons. The van der Waals surface area contributed by atoms with Gasteiger partial charge < -0.3 is 14.4 Å². The minimum absolute atomic E-state index is 0.714. The summed E-state index contributed by atoms with van der Waals surface area (Å²) < 4.78 is 12.9. The number of nitrogens with zero attached hydrogens (tertiary/aromatic N) is 3. The third kappa shape index (κ3) is 3.41. The van der Waals surface area contributed by atoms with Gasteiger partial charge in [0.15, 0.2) is 0 Å². The van der Waals surface area contributed by atoms with Gasteiger partial charge in [0.1, 0.15) is 5.75 Å². The van der Waals surface area contributed by atoms with E-state index in [2.05, 4.69) is 15.7 Å². The van der Waals surface area contributed by atoms with Crippen molar-refractivity contribution in [1.29, 1.82) is 0 Å². The van der Waals surface area contributed by atoms with E-state index >= 15 is 0 Å². The van der Waals surface area contributed by atoms with Crippen molar-refractivity contribution in [3.05, 3.63) is 59.8 Å². The molecule has 1 aromatic heterocycles. The second-order valence-electron chi connectivity index (χ2n) is 6.10. The Bertz CT molecular complexity index is 869. The number of benzene rings is 2. The maximum atomic E-state index is 6.02. The standard InChI is InChI=1S/C20H20ClN3O2/c1-25-18-8-6-17(7-9-18)24-14-19(15-2-4-16(21)5-3-15)22-20(24)23-10-12-26-13-11-23/h2-9,14H,10-13H2,1H3. The van der Waals surface area contributed by atoms with E-state index in [0.717, 1.165) is 46.8 Å². The predicted molar refractivity (Wildman–Crippen MR) is 104 cm³/mol. The molecule has 0 radical (unpaired) electrons. The molecule has 0 aliphatic carbocycles. The lowest BCUT2D eigenvalue weighted by Crippen LogP contribution is -2.37. The second kappa shape index (κ2) is 7.40. The number of anilines is 1. The molecule has 4 rings (SSSR count). The zero-order valence-electron chi connectivity index (χ0n) is 14.6. The molecule has 2 heterocycles. The normalized spacial score (nSPS) is 14.5. The lowest BCUT2D eigenvalue weighted by molar-refractivity contribution is 0.122. The minimum Gasteiger partial charge on any atom is -0.497 e. The Labute approximate surface area is 157 Å². The average molecular weight is 370 g/mol. The van der Waals surface area contributed by atoms with E-state index in [9.17, 15) is 0 Å². The van der Waals surface area contributed by atoms with Gasteiger partial charge in [0.25, 0.3) is 0 Å². The minimum atomic E-state index is 0.714. The summed E-state index contributed by atoms with van der Waals surface area (Å²) in [6.07, 6.45) is 2.07. The first-order valence-electron chi connectivity index (χ1n) is 8.57. The van der Waals surface area contributed by atoms with Crippen molar-refractivity contribution in [3.8, 4) is 22.7 Å². The number of rotatable bonds is 4. The monoisotopic (exact) mass is 369 g/mol. The highest BCUT2D eigenvalue weighted by Crippen LogP contribution is 2.28. The van der Waals surface area contributed by atoms with Crippen molar-refractivity contribution in [2.45, 2.75) is 0 Å². The van der Waals surface area contributed by atoms with Crippen LogP contribution in [0.3, 0.4) is 0 Å². The number of hydrogen-bond acceptors (Lipinski definition) is 4. The second-order valence-corrected chi connectivity index (χ2v) is 6.54. The number of ether oxygens (including phenoxy) is 2. The molecule has 0 saturated carbocycles. The van der Waals surface area contributed by atoms with E-state index in [0.29, 0.717) is 13.2 Å². The Hall–Kier alpha value is -2.50. The molecule has 1 aliphatic heterocycles. The Morgan fingerprint density at radius 2 is 1.69 bits per heavy atom. The van der Waals surface area contributed by atoms with E-state index in [1.807, 2.05) is 48.5 Å². The van der Waals surface area contributed by atoms with Crippen LogP contribution >= 0.6 is 11.6 Å². The first-order valence-corrected chi connectivity index (χ1v) is 8.95. The fourth-order valence-corrected chi connectivity index (χ4v) is 3.18. The van der Waals surface area contributed by atoms with Gasteiger partial charge in [0.2, 0.25) is 5.95 Å². The molecule has 0 bridgehead atoms. The highest BCUT2D eigenvalue weighted by atomic mass is 35.5. The number of halogens is 1. The fourth-order valence-electron chi connectivity index (χ4n) is 3.05. The Kier molecular flexibility index (Phi) is 4.82. The van der Waals surface area contributed by atoms with Gasteiger partial charge in [-0.2, -0.15) is 0 Å². The third-order valence-corrected chi connectivity index (χ3v) is 4.72. The Morgan fingerprint density at radius 1 is 1.00 bits per heavy atom. The molecule has 0 unspecified atom stereocenters. The van der Waals surface area contributed by atoms with Crippen molar-refractivity contribution >= 4 is 17.5 Å². The number of methoxy groups -OCH3 is 1. The van der Waals surface area contributed by atoms with Crippen LogP contribution in [0, 0.1) is 0 Å². The van der Waals surface area contributed by atoms with E-state index in [4.69, 9.17) is 26.1 Å². The molecule has 0 amide bonds. The summed E-state index contributed by atoms with van der Waals surface area (Å²) in [6, 6.07) is 15.8. The Morgan fingerprint density at radius 3 is 2.35 bits per heavy atom. The summed E-state index contributed by atoms with van der Waals surface area (Å²) in [5.41, 5.74) is 3.00. The van der Waals surface area contributed by atoms with Gasteiger partial charge in [-0.05, 0) is 36.4 Å². The molecule has 0 atom stereocenters.